The Morgan fingerprint density at radius 3 is 3.27 bits per heavy atom. The fourth-order valence-corrected chi connectivity index (χ4v) is 3.27. The molecule has 0 aromatic carbocycles. The number of nitrogens with one attached hydrogen (secondary N) is 1. The predicted molar refractivity (Wildman–Crippen MR) is 63.7 cm³/mol. The molecular weight excluding hydrogens is 230 g/mol. The van der Waals surface area contributed by atoms with E-state index in [9.17, 15) is 0 Å². The van der Waals surface area contributed by atoms with Crippen molar-refractivity contribution in [2.24, 2.45) is 0 Å². The second-order valence-electron chi connectivity index (χ2n) is 3.53. The summed E-state index contributed by atoms with van der Waals surface area (Å²) in [5.74, 6) is 2.31. The van der Waals surface area contributed by atoms with Crippen molar-refractivity contribution in [2.45, 2.75) is 24.6 Å². The summed E-state index contributed by atoms with van der Waals surface area (Å²) in [6.45, 7) is 1.47. The molecule has 1 aliphatic heterocycles. The molecule has 15 heavy (non-hydrogen) atoms. The second kappa shape index (κ2) is 5.14. The number of rotatable bonds is 4. The lowest BCUT2D eigenvalue weighted by atomic mass is 10.2. The van der Waals surface area contributed by atoms with E-state index in [1.54, 1.807) is 7.11 Å². The molecule has 1 N–H and O–H groups in total. The minimum absolute atomic E-state index is 0.509. The van der Waals surface area contributed by atoms with Crippen molar-refractivity contribution in [3.8, 4) is 0 Å². The number of methoxy groups -OCH3 is 1. The van der Waals surface area contributed by atoms with Crippen LogP contribution >= 0.6 is 24.0 Å². The average Bonchev–Trinajstić information content (AvgIpc) is 2.84. The number of aromatic nitrogens is 3. The molecule has 0 saturated carbocycles. The van der Waals surface area contributed by atoms with Crippen LogP contribution in [0.25, 0.3) is 0 Å². The average molecular weight is 245 g/mol. The van der Waals surface area contributed by atoms with Crippen molar-refractivity contribution in [3.63, 3.8) is 0 Å². The fourth-order valence-electron chi connectivity index (χ4n) is 1.76. The number of thioether (sulfide) groups is 1. The molecule has 2 rings (SSSR count). The normalized spacial score (nSPS) is 21.0. The van der Waals surface area contributed by atoms with Gasteiger partial charge in [-0.2, -0.15) is 16.9 Å². The van der Waals surface area contributed by atoms with Gasteiger partial charge in [0.25, 0.3) is 0 Å². The Labute approximate surface area is 98.4 Å². The van der Waals surface area contributed by atoms with E-state index in [1.807, 2.05) is 11.8 Å². The number of ether oxygens (including phenoxy) is 1. The van der Waals surface area contributed by atoms with Crippen LogP contribution in [0.3, 0.4) is 0 Å². The van der Waals surface area contributed by atoms with Crippen LogP contribution in [-0.4, -0.2) is 34.2 Å². The van der Waals surface area contributed by atoms with E-state index in [0.29, 0.717) is 16.6 Å². The van der Waals surface area contributed by atoms with Crippen LogP contribution in [0, 0.1) is 4.77 Å². The summed E-state index contributed by atoms with van der Waals surface area (Å²) in [5.41, 5.74) is 0. The van der Waals surface area contributed by atoms with E-state index in [0.717, 1.165) is 12.4 Å². The van der Waals surface area contributed by atoms with E-state index in [2.05, 4.69) is 14.8 Å². The maximum Gasteiger partial charge on any atom is 0.195 e. The van der Waals surface area contributed by atoms with Crippen molar-refractivity contribution in [1.82, 2.24) is 14.8 Å². The maximum absolute atomic E-state index is 5.20. The molecule has 1 aromatic rings. The molecule has 1 fully saturated rings. The van der Waals surface area contributed by atoms with Gasteiger partial charge in [0.2, 0.25) is 0 Å². The second-order valence-corrected chi connectivity index (χ2v) is 5.23. The Morgan fingerprint density at radius 1 is 1.73 bits per heavy atom. The van der Waals surface area contributed by atoms with Crippen LogP contribution in [-0.2, 0) is 11.3 Å². The molecule has 0 aliphatic carbocycles. The molecule has 1 aromatic heterocycles. The lowest BCUT2D eigenvalue weighted by Gasteiger charge is -2.10. The lowest BCUT2D eigenvalue weighted by Crippen LogP contribution is -2.09. The third kappa shape index (κ3) is 2.43. The number of hydrogen-bond donors (Lipinski definition) is 1. The van der Waals surface area contributed by atoms with E-state index < -0.39 is 0 Å². The monoisotopic (exact) mass is 245 g/mol. The highest BCUT2D eigenvalue weighted by atomic mass is 32.2. The Bertz CT molecular complexity index is 368. The van der Waals surface area contributed by atoms with Crippen molar-refractivity contribution >= 4 is 24.0 Å². The summed E-state index contributed by atoms with van der Waals surface area (Å²) in [5, 5.41) is 7.70. The number of nitrogens with zero attached hydrogens (tertiary/aromatic N) is 2. The summed E-state index contributed by atoms with van der Waals surface area (Å²) < 4.78 is 7.83. The zero-order valence-electron chi connectivity index (χ0n) is 8.73. The van der Waals surface area contributed by atoms with Crippen molar-refractivity contribution < 1.29 is 4.74 Å². The first-order chi connectivity index (χ1) is 7.33. The Hall–Kier alpha value is -0.330. The highest BCUT2D eigenvalue weighted by molar-refractivity contribution is 7.99. The quantitative estimate of drug-likeness (QED) is 0.825. The van der Waals surface area contributed by atoms with E-state index in [1.165, 1.54) is 18.6 Å². The van der Waals surface area contributed by atoms with Crippen LogP contribution in [0.15, 0.2) is 0 Å². The zero-order valence-corrected chi connectivity index (χ0v) is 10.4. The summed E-state index contributed by atoms with van der Waals surface area (Å²) in [7, 11) is 1.70. The minimum atomic E-state index is 0.509. The highest BCUT2D eigenvalue weighted by Gasteiger charge is 2.22. The van der Waals surface area contributed by atoms with Gasteiger partial charge < -0.3 is 9.30 Å². The number of hydrogen-bond acceptors (Lipinski definition) is 4. The van der Waals surface area contributed by atoms with E-state index in [-0.39, 0.29) is 0 Å². The number of H-pyrrole nitrogens is 1. The van der Waals surface area contributed by atoms with E-state index >= 15 is 0 Å². The third-order valence-corrected chi connectivity index (χ3v) is 4.21. The van der Waals surface area contributed by atoms with Gasteiger partial charge in [0.15, 0.2) is 4.77 Å². The summed E-state index contributed by atoms with van der Waals surface area (Å²) in [6, 6.07) is 0. The van der Waals surface area contributed by atoms with Gasteiger partial charge in [0.1, 0.15) is 5.82 Å². The molecule has 1 aliphatic rings. The van der Waals surface area contributed by atoms with Gasteiger partial charge in [0, 0.05) is 7.11 Å². The maximum atomic E-state index is 5.20. The molecule has 1 unspecified atom stereocenters. The topological polar surface area (TPSA) is 42.8 Å². The molecule has 6 heteroatoms. The molecule has 0 amide bonds. The molecule has 4 nitrogen and oxygen atoms in total. The Morgan fingerprint density at radius 2 is 2.60 bits per heavy atom. The molecule has 2 heterocycles. The minimum Gasteiger partial charge on any atom is -0.383 e. The van der Waals surface area contributed by atoms with Gasteiger partial charge in [-0.15, -0.1) is 0 Å². The fraction of sp³-hybridized carbons (Fsp3) is 0.778. The van der Waals surface area contributed by atoms with Gasteiger partial charge in [-0.05, 0) is 30.8 Å². The first kappa shape index (κ1) is 11.2. The van der Waals surface area contributed by atoms with Crippen molar-refractivity contribution in [1.29, 1.82) is 0 Å². The summed E-state index contributed by atoms with van der Waals surface area (Å²) >= 11 is 7.17. The van der Waals surface area contributed by atoms with Crippen LogP contribution in [0.4, 0.5) is 0 Å². The molecule has 1 atom stereocenters. The molecule has 0 radical (unpaired) electrons. The van der Waals surface area contributed by atoms with Gasteiger partial charge in [0.05, 0.1) is 18.4 Å². The first-order valence-electron chi connectivity index (χ1n) is 5.08. The third-order valence-electron chi connectivity index (χ3n) is 2.52. The van der Waals surface area contributed by atoms with Gasteiger partial charge >= 0.3 is 0 Å². The standard InChI is InChI=1S/C9H15N3OS2/c1-13-5-4-12-8(10-11-9(12)14)7-3-2-6-15-7/h7H,2-6H2,1H3,(H,11,14). The zero-order chi connectivity index (χ0) is 10.7. The smallest absolute Gasteiger partial charge is 0.195 e. The van der Waals surface area contributed by atoms with Crippen LogP contribution < -0.4 is 0 Å². The van der Waals surface area contributed by atoms with Crippen molar-refractivity contribution in [2.75, 3.05) is 19.5 Å². The highest BCUT2D eigenvalue weighted by Crippen LogP contribution is 2.38. The van der Waals surface area contributed by atoms with Crippen LogP contribution in [0.5, 0.6) is 0 Å². The molecule has 0 spiro atoms. The van der Waals surface area contributed by atoms with Crippen LogP contribution in [0.1, 0.15) is 23.9 Å². The SMILES string of the molecule is COCCn1c(C2CCCS2)n[nH]c1=S. The molecule has 1 saturated heterocycles. The molecule has 0 bridgehead atoms. The van der Waals surface area contributed by atoms with Gasteiger partial charge in [-0.1, -0.05) is 0 Å². The molecule has 84 valence electrons. The largest absolute Gasteiger partial charge is 0.383 e. The predicted octanol–water partition coefficient (Wildman–Crippen LogP) is 2.16. The Balaban J connectivity index is 2.18. The van der Waals surface area contributed by atoms with E-state index in [4.69, 9.17) is 17.0 Å². The molecular formula is C9H15N3OS2. The van der Waals surface area contributed by atoms with Crippen LogP contribution in [0.2, 0.25) is 0 Å². The first-order valence-corrected chi connectivity index (χ1v) is 6.54. The lowest BCUT2D eigenvalue weighted by molar-refractivity contribution is 0.186. The Kier molecular flexibility index (Phi) is 3.82. The van der Waals surface area contributed by atoms with Gasteiger partial charge in [-0.25, -0.2) is 0 Å². The number of aromatic amines is 1. The summed E-state index contributed by atoms with van der Waals surface area (Å²) in [4.78, 5) is 0. The van der Waals surface area contributed by atoms with Crippen molar-refractivity contribution in [3.05, 3.63) is 10.6 Å². The summed E-state index contributed by atoms with van der Waals surface area (Å²) in [6.07, 6.45) is 2.48. The van der Waals surface area contributed by atoms with Gasteiger partial charge in [-0.3, -0.25) is 5.10 Å².